The van der Waals surface area contributed by atoms with E-state index < -0.39 is 11.6 Å². The quantitative estimate of drug-likeness (QED) is 0.881. The summed E-state index contributed by atoms with van der Waals surface area (Å²) in [6, 6.07) is 3.77. The van der Waals surface area contributed by atoms with Crippen LogP contribution in [-0.2, 0) is 11.2 Å². The Labute approximate surface area is 136 Å². The van der Waals surface area contributed by atoms with Gasteiger partial charge in [-0.15, -0.1) is 11.3 Å². The first-order valence-corrected chi connectivity index (χ1v) is 8.33. The van der Waals surface area contributed by atoms with Crippen molar-refractivity contribution in [2.75, 3.05) is 11.9 Å². The zero-order chi connectivity index (χ0) is 16.2. The molecule has 0 aliphatic carbocycles. The van der Waals surface area contributed by atoms with E-state index in [1.54, 1.807) is 6.20 Å². The molecule has 0 radical (unpaired) electrons. The summed E-state index contributed by atoms with van der Waals surface area (Å²) in [5.74, 6) is -1.24. The highest BCUT2D eigenvalue weighted by Gasteiger charge is 2.18. The minimum absolute atomic E-state index is 0.0711. The van der Waals surface area contributed by atoms with Crippen LogP contribution in [0, 0.1) is 11.6 Å². The third-order valence-electron chi connectivity index (χ3n) is 3.77. The van der Waals surface area contributed by atoms with Crippen molar-refractivity contribution in [1.82, 2.24) is 10.3 Å². The second-order valence-electron chi connectivity index (χ2n) is 5.59. The van der Waals surface area contributed by atoms with Crippen LogP contribution in [0.5, 0.6) is 0 Å². The summed E-state index contributed by atoms with van der Waals surface area (Å²) in [6.45, 7) is 0.961. The summed E-state index contributed by atoms with van der Waals surface area (Å²) >= 11 is 1.30. The van der Waals surface area contributed by atoms with Gasteiger partial charge in [-0.3, -0.25) is 4.79 Å². The summed E-state index contributed by atoms with van der Waals surface area (Å²) in [6.07, 6.45) is 4.48. The normalized spacial score (nSPS) is 17.4. The van der Waals surface area contributed by atoms with Gasteiger partial charge < -0.3 is 10.6 Å². The molecule has 122 valence electrons. The van der Waals surface area contributed by atoms with Crippen molar-refractivity contribution in [2.45, 2.75) is 31.7 Å². The number of benzene rings is 1. The molecule has 7 heteroatoms. The van der Waals surface area contributed by atoms with Crippen LogP contribution in [0.4, 0.5) is 13.9 Å². The van der Waals surface area contributed by atoms with E-state index in [9.17, 15) is 13.6 Å². The lowest BCUT2D eigenvalue weighted by Crippen LogP contribution is -2.27. The fourth-order valence-electron chi connectivity index (χ4n) is 2.62. The Morgan fingerprint density at radius 2 is 2.30 bits per heavy atom. The highest BCUT2D eigenvalue weighted by molar-refractivity contribution is 7.15. The number of hydrogen-bond donors (Lipinski definition) is 2. The SMILES string of the molecule is O=C(CC1CCCN1)Nc1ncc(Cc2ccc(F)cc2F)s1. The van der Waals surface area contributed by atoms with Gasteiger partial charge in [0.2, 0.25) is 5.91 Å². The Kier molecular flexibility index (Phi) is 4.97. The molecule has 1 aromatic heterocycles. The number of carbonyl (C=O) groups is 1. The van der Waals surface area contributed by atoms with Gasteiger partial charge in [0, 0.05) is 36.0 Å². The maximum absolute atomic E-state index is 13.6. The van der Waals surface area contributed by atoms with Gasteiger partial charge in [-0.05, 0) is 31.0 Å². The molecule has 1 saturated heterocycles. The molecule has 0 spiro atoms. The van der Waals surface area contributed by atoms with Crippen LogP contribution in [0.3, 0.4) is 0 Å². The van der Waals surface area contributed by atoms with Gasteiger partial charge in [-0.25, -0.2) is 13.8 Å². The Hall–Kier alpha value is -1.86. The molecule has 2 aromatic rings. The standard InChI is InChI=1S/C16H17F2N3OS/c17-11-4-3-10(14(18)7-11)6-13-9-20-16(23-13)21-15(22)8-12-2-1-5-19-12/h3-4,7,9,12,19H,1-2,5-6,8H2,(H,20,21,22). The second-order valence-corrected chi connectivity index (χ2v) is 6.71. The number of hydrogen-bond acceptors (Lipinski definition) is 4. The predicted octanol–water partition coefficient (Wildman–Crippen LogP) is 3.09. The predicted molar refractivity (Wildman–Crippen MR) is 85.5 cm³/mol. The lowest BCUT2D eigenvalue weighted by atomic mass is 10.1. The largest absolute Gasteiger partial charge is 0.313 e. The van der Waals surface area contributed by atoms with E-state index in [2.05, 4.69) is 15.6 Å². The highest BCUT2D eigenvalue weighted by Crippen LogP contribution is 2.23. The van der Waals surface area contributed by atoms with Gasteiger partial charge in [0.25, 0.3) is 0 Å². The molecular weight excluding hydrogens is 320 g/mol. The van der Waals surface area contributed by atoms with Crippen LogP contribution in [0.1, 0.15) is 29.7 Å². The van der Waals surface area contributed by atoms with Crippen LogP contribution >= 0.6 is 11.3 Å². The maximum Gasteiger partial charge on any atom is 0.227 e. The van der Waals surface area contributed by atoms with E-state index in [1.165, 1.54) is 23.5 Å². The van der Waals surface area contributed by atoms with Crippen molar-refractivity contribution in [3.05, 3.63) is 46.5 Å². The van der Waals surface area contributed by atoms with Gasteiger partial charge in [0.05, 0.1) is 0 Å². The number of nitrogens with zero attached hydrogens (tertiary/aromatic N) is 1. The number of aromatic nitrogens is 1. The molecule has 2 heterocycles. The molecule has 1 fully saturated rings. The van der Waals surface area contributed by atoms with E-state index >= 15 is 0 Å². The molecule has 2 N–H and O–H groups in total. The average Bonchev–Trinajstić information content (AvgIpc) is 3.14. The van der Waals surface area contributed by atoms with Crippen molar-refractivity contribution in [3.8, 4) is 0 Å². The van der Waals surface area contributed by atoms with Crippen molar-refractivity contribution >= 4 is 22.4 Å². The van der Waals surface area contributed by atoms with Gasteiger partial charge in [-0.2, -0.15) is 0 Å². The third kappa shape index (κ3) is 4.33. The number of amides is 1. The zero-order valence-corrected chi connectivity index (χ0v) is 13.3. The Balaban J connectivity index is 1.58. The van der Waals surface area contributed by atoms with E-state index in [0.29, 0.717) is 23.5 Å². The Morgan fingerprint density at radius 3 is 3.04 bits per heavy atom. The van der Waals surface area contributed by atoms with Gasteiger partial charge in [0.1, 0.15) is 11.6 Å². The lowest BCUT2D eigenvalue weighted by Gasteiger charge is -2.08. The first kappa shape index (κ1) is 16.0. The molecule has 1 unspecified atom stereocenters. The molecule has 0 saturated carbocycles. The number of thiazole rings is 1. The number of rotatable bonds is 5. The van der Waals surface area contributed by atoms with Crippen molar-refractivity contribution < 1.29 is 13.6 Å². The van der Waals surface area contributed by atoms with Crippen molar-refractivity contribution in [2.24, 2.45) is 0 Å². The minimum atomic E-state index is -0.593. The number of carbonyl (C=O) groups excluding carboxylic acids is 1. The summed E-state index contributed by atoms with van der Waals surface area (Å²) in [4.78, 5) is 16.9. The van der Waals surface area contributed by atoms with Crippen molar-refractivity contribution in [1.29, 1.82) is 0 Å². The number of nitrogens with one attached hydrogen (secondary N) is 2. The molecule has 1 aromatic carbocycles. The molecule has 3 rings (SSSR count). The smallest absolute Gasteiger partial charge is 0.227 e. The van der Waals surface area contributed by atoms with Crippen LogP contribution in [0.2, 0.25) is 0 Å². The third-order valence-corrected chi connectivity index (χ3v) is 4.69. The Bertz CT molecular complexity index is 698. The first-order valence-electron chi connectivity index (χ1n) is 7.52. The molecule has 1 aliphatic heterocycles. The van der Waals surface area contributed by atoms with E-state index in [1.807, 2.05) is 0 Å². The van der Waals surface area contributed by atoms with E-state index in [0.717, 1.165) is 30.3 Å². The minimum Gasteiger partial charge on any atom is -0.313 e. The number of anilines is 1. The molecule has 1 atom stereocenters. The number of halogens is 2. The molecule has 1 amide bonds. The summed E-state index contributed by atoms with van der Waals surface area (Å²) in [7, 11) is 0. The zero-order valence-electron chi connectivity index (χ0n) is 12.4. The summed E-state index contributed by atoms with van der Waals surface area (Å²) in [5.41, 5.74) is 0.406. The van der Waals surface area contributed by atoms with Crippen LogP contribution in [-0.4, -0.2) is 23.5 Å². The molecule has 0 bridgehead atoms. The highest BCUT2D eigenvalue weighted by atomic mass is 32.1. The van der Waals surface area contributed by atoms with E-state index in [4.69, 9.17) is 0 Å². The summed E-state index contributed by atoms with van der Waals surface area (Å²) in [5, 5.41) is 6.55. The van der Waals surface area contributed by atoms with Crippen LogP contribution < -0.4 is 10.6 Å². The fourth-order valence-corrected chi connectivity index (χ4v) is 3.48. The molecule has 4 nitrogen and oxygen atoms in total. The van der Waals surface area contributed by atoms with Crippen LogP contribution in [0.25, 0.3) is 0 Å². The maximum atomic E-state index is 13.6. The fraction of sp³-hybridized carbons (Fsp3) is 0.375. The molecular formula is C16H17F2N3OS. The topological polar surface area (TPSA) is 54.0 Å². The first-order chi connectivity index (χ1) is 11.1. The lowest BCUT2D eigenvalue weighted by molar-refractivity contribution is -0.116. The second kappa shape index (κ2) is 7.14. The van der Waals surface area contributed by atoms with Gasteiger partial charge in [0.15, 0.2) is 5.13 Å². The van der Waals surface area contributed by atoms with E-state index in [-0.39, 0.29) is 11.9 Å². The molecule has 23 heavy (non-hydrogen) atoms. The monoisotopic (exact) mass is 337 g/mol. The van der Waals surface area contributed by atoms with Crippen molar-refractivity contribution in [3.63, 3.8) is 0 Å². The van der Waals surface area contributed by atoms with Gasteiger partial charge in [-0.1, -0.05) is 6.07 Å². The average molecular weight is 337 g/mol. The molecule has 1 aliphatic rings. The Morgan fingerprint density at radius 1 is 1.43 bits per heavy atom. The van der Waals surface area contributed by atoms with Crippen LogP contribution in [0.15, 0.2) is 24.4 Å². The summed E-state index contributed by atoms with van der Waals surface area (Å²) < 4.78 is 26.5. The van der Waals surface area contributed by atoms with Gasteiger partial charge >= 0.3 is 0 Å².